The molecule has 3 nitrogen and oxygen atoms in total. The Kier molecular flexibility index (Phi) is 7.79. The smallest absolute Gasteiger partial charge is 0.230 e. The molecule has 0 saturated heterocycles. The van der Waals surface area contributed by atoms with E-state index >= 15 is 0 Å². The van der Waals surface area contributed by atoms with Crippen molar-refractivity contribution in [3.63, 3.8) is 0 Å². The Balaban J connectivity index is 1.57. The summed E-state index contributed by atoms with van der Waals surface area (Å²) >= 11 is 1.60. The Morgan fingerprint density at radius 3 is 2.62 bits per heavy atom. The lowest BCUT2D eigenvalue weighted by Crippen LogP contribution is -2.25. The molecule has 4 heteroatoms. The summed E-state index contributed by atoms with van der Waals surface area (Å²) < 4.78 is 5.57. The Hall–Kier alpha value is -2.38. The molecule has 2 aromatic carbocycles. The van der Waals surface area contributed by atoms with Crippen LogP contribution in [-0.4, -0.2) is 24.8 Å². The molecule has 124 valence electrons. The minimum Gasteiger partial charge on any atom is -0.481 e. The Morgan fingerprint density at radius 1 is 1.08 bits per heavy atom. The molecule has 0 fully saturated rings. The number of carbonyl (C=O) groups excluding carboxylic acids is 1. The van der Waals surface area contributed by atoms with E-state index in [0.29, 0.717) is 18.9 Å². The van der Waals surface area contributed by atoms with Crippen LogP contribution in [0.1, 0.15) is 11.1 Å². The van der Waals surface area contributed by atoms with Crippen LogP contribution in [0.15, 0.2) is 54.6 Å². The van der Waals surface area contributed by atoms with Crippen LogP contribution in [0, 0.1) is 18.8 Å². The van der Waals surface area contributed by atoms with Gasteiger partial charge < -0.3 is 10.1 Å². The molecule has 0 aliphatic carbocycles. The molecule has 2 aromatic rings. The predicted molar refractivity (Wildman–Crippen MR) is 100 cm³/mol. The van der Waals surface area contributed by atoms with Crippen LogP contribution in [0.25, 0.3) is 0 Å². The van der Waals surface area contributed by atoms with E-state index in [0.717, 1.165) is 17.1 Å². The van der Waals surface area contributed by atoms with E-state index in [1.165, 1.54) is 5.56 Å². The molecule has 24 heavy (non-hydrogen) atoms. The van der Waals surface area contributed by atoms with Crippen molar-refractivity contribution in [2.75, 3.05) is 18.9 Å². The van der Waals surface area contributed by atoms with Gasteiger partial charge in [-0.25, -0.2) is 0 Å². The maximum Gasteiger partial charge on any atom is 0.230 e. The van der Waals surface area contributed by atoms with Crippen LogP contribution >= 0.6 is 11.8 Å². The number of rotatable bonds is 7. The Morgan fingerprint density at radius 2 is 1.83 bits per heavy atom. The highest BCUT2D eigenvalue weighted by atomic mass is 32.2. The van der Waals surface area contributed by atoms with Gasteiger partial charge in [-0.15, -0.1) is 11.8 Å². The van der Waals surface area contributed by atoms with Crippen LogP contribution in [0.3, 0.4) is 0 Å². The standard InChI is InChI=1S/C20H21NO2S/c1-17-9-5-6-12-19(17)23-14-8-7-13-21-20(22)16-24-15-18-10-3-2-4-11-18/h2-6,9-12H,13-16H2,1H3,(H,21,22). The lowest BCUT2D eigenvalue weighted by molar-refractivity contribution is -0.118. The number of amides is 1. The summed E-state index contributed by atoms with van der Waals surface area (Å²) in [6.45, 7) is 2.67. The van der Waals surface area contributed by atoms with Gasteiger partial charge in [-0.2, -0.15) is 0 Å². The normalized spacial score (nSPS) is 9.71. The van der Waals surface area contributed by atoms with Gasteiger partial charge in [0.25, 0.3) is 0 Å². The van der Waals surface area contributed by atoms with Crippen molar-refractivity contribution in [2.24, 2.45) is 0 Å². The molecule has 0 spiro atoms. The average molecular weight is 339 g/mol. The van der Waals surface area contributed by atoms with Gasteiger partial charge in [-0.1, -0.05) is 60.4 Å². The van der Waals surface area contributed by atoms with Crippen molar-refractivity contribution in [3.05, 3.63) is 65.7 Å². The number of para-hydroxylation sites is 1. The molecule has 0 aromatic heterocycles. The third-order valence-corrected chi connectivity index (χ3v) is 4.24. The highest BCUT2D eigenvalue weighted by molar-refractivity contribution is 7.99. The number of thioether (sulfide) groups is 1. The summed E-state index contributed by atoms with van der Waals surface area (Å²) in [5, 5.41) is 2.79. The predicted octanol–water partition coefficient (Wildman–Crippen LogP) is 3.43. The van der Waals surface area contributed by atoms with Crippen molar-refractivity contribution >= 4 is 17.7 Å². The zero-order valence-corrected chi connectivity index (χ0v) is 14.6. The summed E-state index contributed by atoms with van der Waals surface area (Å²) in [5.41, 5.74) is 2.31. The summed E-state index contributed by atoms with van der Waals surface area (Å²) in [4.78, 5) is 11.7. The van der Waals surface area contributed by atoms with Crippen molar-refractivity contribution < 1.29 is 9.53 Å². The first-order valence-electron chi connectivity index (χ1n) is 7.78. The number of benzene rings is 2. The number of hydrogen-bond donors (Lipinski definition) is 1. The highest BCUT2D eigenvalue weighted by Gasteiger charge is 2.00. The van der Waals surface area contributed by atoms with Crippen LogP contribution in [0.5, 0.6) is 5.75 Å². The minimum atomic E-state index is 0.00468. The zero-order valence-electron chi connectivity index (χ0n) is 13.7. The van der Waals surface area contributed by atoms with Crippen molar-refractivity contribution in [1.29, 1.82) is 0 Å². The fourth-order valence-electron chi connectivity index (χ4n) is 1.98. The third-order valence-electron chi connectivity index (χ3n) is 3.24. The third kappa shape index (κ3) is 6.80. The SMILES string of the molecule is Cc1ccccc1OCC#CCNC(=O)CSCc1ccccc1. The molecular weight excluding hydrogens is 318 g/mol. The molecule has 0 aliphatic heterocycles. The fourth-order valence-corrected chi connectivity index (χ4v) is 2.79. The lowest BCUT2D eigenvalue weighted by atomic mass is 10.2. The highest BCUT2D eigenvalue weighted by Crippen LogP contribution is 2.15. The van der Waals surface area contributed by atoms with E-state index in [1.54, 1.807) is 11.8 Å². The van der Waals surface area contributed by atoms with Gasteiger partial charge in [0.2, 0.25) is 5.91 Å². The largest absolute Gasteiger partial charge is 0.481 e. The molecule has 2 rings (SSSR count). The van der Waals surface area contributed by atoms with Crippen molar-refractivity contribution in [2.45, 2.75) is 12.7 Å². The van der Waals surface area contributed by atoms with Crippen LogP contribution in [0.2, 0.25) is 0 Å². The van der Waals surface area contributed by atoms with Gasteiger partial charge in [0.15, 0.2) is 0 Å². The lowest BCUT2D eigenvalue weighted by Gasteiger charge is -2.04. The summed E-state index contributed by atoms with van der Waals surface area (Å²) in [6, 6.07) is 17.9. The van der Waals surface area contributed by atoms with Crippen molar-refractivity contribution in [3.8, 4) is 17.6 Å². The van der Waals surface area contributed by atoms with Crippen molar-refractivity contribution in [1.82, 2.24) is 5.32 Å². The van der Waals surface area contributed by atoms with Gasteiger partial charge in [0, 0.05) is 5.75 Å². The second-order valence-electron chi connectivity index (χ2n) is 5.16. The number of ether oxygens (including phenoxy) is 1. The molecule has 0 aliphatic rings. The number of carbonyl (C=O) groups is 1. The quantitative estimate of drug-likeness (QED) is 0.786. The van der Waals surface area contributed by atoms with E-state index in [9.17, 15) is 4.79 Å². The maximum atomic E-state index is 11.7. The molecule has 1 amide bonds. The topological polar surface area (TPSA) is 38.3 Å². The first-order chi connectivity index (χ1) is 11.8. The maximum absolute atomic E-state index is 11.7. The van der Waals surface area contributed by atoms with Crippen LogP contribution in [-0.2, 0) is 10.5 Å². The summed E-state index contributed by atoms with van der Waals surface area (Å²) in [6.07, 6.45) is 0. The van der Waals surface area contributed by atoms with Gasteiger partial charge in [-0.3, -0.25) is 4.79 Å². The van der Waals surface area contributed by atoms with Gasteiger partial charge in [-0.05, 0) is 24.1 Å². The van der Waals surface area contributed by atoms with E-state index in [2.05, 4.69) is 29.3 Å². The number of hydrogen-bond acceptors (Lipinski definition) is 3. The van der Waals surface area contributed by atoms with Gasteiger partial charge in [0.1, 0.15) is 12.4 Å². The summed E-state index contributed by atoms with van der Waals surface area (Å²) in [5.74, 6) is 7.93. The average Bonchev–Trinajstić information content (AvgIpc) is 2.60. The monoisotopic (exact) mass is 339 g/mol. The summed E-state index contributed by atoms with van der Waals surface area (Å²) in [7, 11) is 0. The van der Waals surface area contributed by atoms with E-state index in [4.69, 9.17) is 4.74 Å². The Bertz CT molecular complexity index is 704. The second kappa shape index (κ2) is 10.4. The molecule has 0 unspecified atom stereocenters. The molecular formula is C20H21NO2S. The van der Waals surface area contributed by atoms with E-state index in [1.807, 2.05) is 49.4 Å². The van der Waals surface area contributed by atoms with E-state index in [-0.39, 0.29) is 5.91 Å². The number of aryl methyl sites for hydroxylation is 1. The Labute approximate surface area is 147 Å². The molecule has 0 heterocycles. The molecule has 0 radical (unpaired) electrons. The first-order valence-corrected chi connectivity index (χ1v) is 8.93. The van der Waals surface area contributed by atoms with Gasteiger partial charge >= 0.3 is 0 Å². The molecule has 1 N–H and O–H groups in total. The number of nitrogens with one attached hydrogen (secondary N) is 1. The van der Waals surface area contributed by atoms with Gasteiger partial charge in [0.05, 0.1) is 12.3 Å². The molecule has 0 bridgehead atoms. The van der Waals surface area contributed by atoms with Crippen LogP contribution < -0.4 is 10.1 Å². The second-order valence-corrected chi connectivity index (χ2v) is 6.15. The van der Waals surface area contributed by atoms with E-state index < -0.39 is 0 Å². The molecule has 0 atom stereocenters. The minimum absolute atomic E-state index is 0.00468. The first kappa shape index (κ1) is 18.0. The zero-order chi connectivity index (χ0) is 17.0. The fraction of sp³-hybridized carbons (Fsp3) is 0.250. The molecule has 0 saturated carbocycles. The van der Waals surface area contributed by atoms with Crippen LogP contribution in [0.4, 0.5) is 0 Å².